The molecule has 0 bridgehead atoms. The van der Waals surface area contributed by atoms with Crippen molar-refractivity contribution in [1.29, 1.82) is 0 Å². The Morgan fingerprint density at radius 3 is 2.57 bits per heavy atom. The number of hydrogen-bond acceptors (Lipinski definition) is 4. The van der Waals surface area contributed by atoms with Crippen LogP contribution in [0.5, 0.6) is 0 Å². The number of amides is 1. The molecule has 1 aliphatic heterocycles. The summed E-state index contributed by atoms with van der Waals surface area (Å²) in [6, 6.07) is 5.44. The van der Waals surface area contributed by atoms with Crippen molar-refractivity contribution in [2.24, 2.45) is 5.92 Å². The lowest BCUT2D eigenvalue weighted by atomic mass is 9.97. The highest BCUT2D eigenvalue weighted by atomic mass is 32.2. The zero-order valence-corrected chi connectivity index (χ0v) is 13.1. The molecule has 1 aliphatic rings. The Labute approximate surface area is 125 Å². The molecule has 2 heterocycles. The van der Waals surface area contributed by atoms with Crippen molar-refractivity contribution in [1.82, 2.24) is 14.6 Å². The largest absolute Gasteiger partial charge is 0.348 e. The standard InChI is InChI=1S/C14H21N3O3S/c1-11(13-5-3-4-8-15-13)16-14(18)12-6-9-17(10-7-12)21(2,19)20/h3-5,8,11-12H,6-7,9-10H2,1-2H3,(H,16,18)/t11-/m1/s1. The lowest BCUT2D eigenvalue weighted by Crippen LogP contribution is -2.43. The number of carbonyl (C=O) groups excluding carboxylic acids is 1. The van der Waals surface area contributed by atoms with E-state index in [0.29, 0.717) is 25.9 Å². The van der Waals surface area contributed by atoms with Gasteiger partial charge in [-0.05, 0) is 31.9 Å². The van der Waals surface area contributed by atoms with Gasteiger partial charge in [0.15, 0.2) is 0 Å². The summed E-state index contributed by atoms with van der Waals surface area (Å²) >= 11 is 0. The monoisotopic (exact) mass is 311 g/mol. The van der Waals surface area contributed by atoms with E-state index in [-0.39, 0.29) is 17.9 Å². The minimum Gasteiger partial charge on any atom is -0.348 e. The van der Waals surface area contributed by atoms with Crippen molar-refractivity contribution in [3.05, 3.63) is 30.1 Å². The second kappa shape index (κ2) is 6.53. The summed E-state index contributed by atoms with van der Waals surface area (Å²) in [7, 11) is -3.15. The van der Waals surface area contributed by atoms with Crippen LogP contribution in [0.15, 0.2) is 24.4 Å². The lowest BCUT2D eigenvalue weighted by molar-refractivity contribution is -0.126. The van der Waals surface area contributed by atoms with Gasteiger partial charge in [-0.15, -0.1) is 0 Å². The SMILES string of the molecule is C[C@@H](NC(=O)C1CCN(S(C)(=O)=O)CC1)c1ccccn1. The maximum Gasteiger partial charge on any atom is 0.223 e. The average Bonchev–Trinajstić information content (AvgIpc) is 2.47. The highest BCUT2D eigenvalue weighted by Crippen LogP contribution is 2.20. The molecule has 0 saturated carbocycles. The molecule has 1 saturated heterocycles. The van der Waals surface area contributed by atoms with Crippen LogP contribution in [0.25, 0.3) is 0 Å². The number of aromatic nitrogens is 1. The zero-order chi connectivity index (χ0) is 15.5. The van der Waals surface area contributed by atoms with Crippen molar-refractivity contribution in [2.75, 3.05) is 19.3 Å². The van der Waals surface area contributed by atoms with Gasteiger partial charge in [0.05, 0.1) is 18.0 Å². The van der Waals surface area contributed by atoms with E-state index in [0.717, 1.165) is 5.69 Å². The summed E-state index contributed by atoms with van der Waals surface area (Å²) in [5.41, 5.74) is 0.819. The summed E-state index contributed by atoms with van der Waals surface area (Å²) in [5.74, 6) is -0.157. The average molecular weight is 311 g/mol. The van der Waals surface area contributed by atoms with Gasteiger partial charge in [-0.25, -0.2) is 12.7 Å². The van der Waals surface area contributed by atoms with Gasteiger partial charge in [-0.2, -0.15) is 0 Å². The molecule has 2 rings (SSSR count). The van der Waals surface area contributed by atoms with Gasteiger partial charge in [0.25, 0.3) is 0 Å². The topological polar surface area (TPSA) is 79.4 Å². The molecule has 1 atom stereocenters. The van der Waals surface area contributed by atoms with E-state index in [1.807, 2.05) is 25.1 Å². The predicted molar refractivity (Wildman–Crippen MR) is 79.9 cm³/mol. The van der Waals surface area contributed by atoms with Crippen LogP contribution in [0.1, 0.15) is 31.5 Å². The summed E-state index contributed by atoms with van der Waals surface area (Å²) in [6.07, 6.45) is 4.03. The quantitative estimate of drug-likeness (QED) is 0.897. The van der Waals surface area contributed by atoms with Crippen LogP contribution in [0.3, 0.4) is 0 Å². The molecule has 1 aromatic rings. The smallest absolute Gasteiger partial charge is 0.223 e. The van der Waals surface area contributed by atoms with Crippen molar-refractivity contribution in [3.63, 3.8) is 0 Å². The van der Waals surface area contributed by atoms with E-state index in [1.165, 1.54) is 10.6 Å². The molecule has 7 heteroatoms. The highest BCUT2D eigenvalue weighted by Gasteiger charge is 2.29. The third-order valence-electron chi connectivity index (χ3n) is 3.78. The first kappa shape index (κ1) is 15.9. The Morgan fingerprint density at radius 1 is 1.38 bits per heavy atom. The van der Waals surface area contributed by atoms with Crippen LogP contribution in [-0.4, -0.2) is 43.0 Å². The lowest BCUT2D eigenvalue weighted by Gasteiger charge is -2.30. The molecule has 6 nitrogen and oxygen atoms in total. The number of pyridine rings is 1. The molecule has 21 heavy (non-hydrogen) atoms. The van der Waals surface area contributed by atoms with E-state index in [2.05, 4.69) is 10.3 Å². The second-order valence-corrected chi connectivity index (χ2v) is 7.40. The van der Waals surface area contributed by atoms with E-state index in [1.54, 1.807) is 6.20 Å². The fourth-order valence-electron chi connectivity index (χ4n) is 2.49. The van der Waals surface area contributed by atoms with Crippen LogP contribution < -0.4 is 5.32 Å². The summed E-state index contributed by atoms with van der Waals surface area (Å²) < 4.78 is 24.3. The highest BCUT2D eigenvalue weighted by molar-refractivity contribution is 7.88. The fraction of sp³-hybridized carbons (Fsp3) is 0.571. The second-order valence-electron chi connectivity index (χ2n) is 5.42. The molecule has 0 radical (unpaired) electrons. The number of hydrogen-bond donors (Lipinski definition) is 1. The van der Waals surface area contributed by atoms with Gasteiger partial charge < -0.3 is 5.32 Å². The summed E-state index contributed by atoms with van der Waals surface area (Å²) in [5, 5.41) is 2.95. The maximum atomic E-state index is 12.2. The van der Waals surface area contributed by atoms with Gasteiger partial charge in [0, 0.05) is 25.2 Å². The normalized spacial score (nSPS) is 19.1. The summed E-state index contributed by atoms with van der Waals surface area (Å²) in [4.78, 5) is 16.5. The Hall–Kier alpha value is -1.47. The first-order valence-corrected chi connectivity index (χ1v) is 8.89. The molecule has 1 fully saturated rings. The van der Waals surface area contributed by atoms with Crippen LogP contribution in [-0.2, 0) is 14.8 Å². The number of nitrogens with one attached hydrogen (secondary N) is 1. The molecule has 1 amide bonds. The number of carbonyl (C=O) groups is 1. The van der Waals surface area contributed by atoms with Crippen LogP contribution in [0.2, 0.25) is 0 Å². The van der Waals surface area contributed by atoms with E-state index in [9.17, 15) is 13.2 Å². The van der Waals surface area contributed by atoms with Gasteiger partial charge >= 0.3 is 0 Å². The Kier molecular flexibility index (Phi) is 4.95. The van der Waals surface area contributed by atoms with Gasteiger partial charge in [-0.3, -0.25) is 9.78 Å². The molecule has 0 aromatic carbocycles. The minimum atomic E-state index is -3.15. The van der Waals surface area contributed by atoms with Crippen LogP contribution in [0.4, 0.5) is 0 Å². The molecule has 0 unspecified atom stereocenters. The Morgan fingerprint density at radius 2 is 2.05 bits per heavy atom. The third-order valence-corrected chi connectivity index (χ3v) is 5.09. The fourth-order valence-corrected chi connectivity index (χ4v) is 3.36. The first-order chi connectivity index (χ1) is 9.88. The van der Waals surface area contributed by atoms with Crippen molar-refractivity contribution < 1.29 is 13.2 Å². The Balaban J connectivity index is 1.88. The van der Waals surface area contributed by atoms with Crippen molar-refractivity contribution >= 4 is 15.9 Å². The summed E-state index contributed by atoms with van der Waals surface area (Å²) in [6.45, 7) is 2.72. The third kappa shape index (κ3) is 4.25. The first-order valence-electron chi connectivity index (χ1n) is 7.04. The number of piperidine rings is 1. The van der Waals surface area contributed by atoms with E-state index < -0.39 is 10.0 Å². The molecule has 116 valence electrons. The Bertz CT molecular complexity index is 581. The minimum absolute atomic E-state index is 0.0266. The number of nitrogens with zero attached hydrogens (tertiary/aromatic N) is 2. The van der Waals surface area contributed by atoms with Gasteiger partial charge in [0.2, 0.25) is 15.9 Å². The van der Waals surface area contributed by atoms with Crippen molar-refractivity contribution in [2.45, 2.75) is 25.8 Å². The van der Waals surface area contributed by atoms with Crippen LogP contribution >= 0.6 is 0 Å². The van der Waals surface area contributed by atoms with Gasteiger partial charge in [-0.1, -0.05) is 6.07 Å². The van der Waals surface area contributed by atoms with E-state index >= 15 is 0 Å². The van der Waals surface area contributed by atoms with Gasteiger partial charge in [0.1, 0.15) is 0 Å². The molecule has 1 aromatic heterocycles. The molecule has 0 spiro atoms. The molecule has 1 N–H and O–H groups in total. The molecular weight excluding hydrogens is 290 g/mol. The number of sulfonamides is 1. The zero-order valence-electron chi connectivity index (χ0n) is 12.3. The molecule has 0 aliphatic carbocycles. The van der Waals surface area contributed by atoms with Crippen molar-refractivity contribution in [3.8, 4) is 0 Å². The predicted octanol–water partition coefficient (Wildman–Crippen LogP) is 0.930. The number of rotatable bonds is 4. The molecular formula is C14H21N3O3S. The van der Waals surface area contributed by atoms with Crippen LogP contribution in [0, 0.1) is 5.92 Å². The maximum absolute atomic E-state index is 12.2. The van der Waals surface area contributed by atoms with E-state index in [4.69, 9.17) is 0 Å².